The van der Waals surface area contributed by atoms with Gasteiger partial charge in [-0.2, -0.15) is 5.26 Å². The van der Waals surface area contributed by atoms with E-state index >= 15 is 0 Å². The molecule has 0 spiro atoms. The molecule has 1 N–H and O–H groups in total. The van der Waals surface area contributed by atoms with Crippen molar-refractivity contribution in [3.63, 3.8) is 0 Å². The highest BCUT2D eigenvalue weighted by molar-refractivity contribution is 7.92. The number of nitrogens with one attached hydrogen (secondary N) is 1. The Kier molecular flexibility index (Phi) is 7.72. The Morgan fingerprint density at radius 3 is 2.12 bits per heavy atom. The SMILES string of the molecule is [C-]#[N+]C(C#N)C(=O)c1ccc(S(=O)(=O)Nc2ccc(C(C)(C)CC)cc2C(C)(C)CC)cc1. The van der Waals surface area contributed by atoms with Crippen LogP contribution in [0, 0.1) is 17.9 Å². The van der Waals surface area contributed by atoms with E-state index in [0.29, 0.717) is 5.69 Å². The third-order valence-corrected chi connectivity index (χ3v) is 7.87. The summed E-state index contributed by atoms with van der Waals surface area (Å²) in [6, 6.07) is 11.4. The Bertz CT molecular complexity index is 1200. The van der Waals surface area contributed by atoms with Gasteiger partial charge in [0, 0.05) is 5.56 Å². The maximum atomic E-state index is 13.1. The van der Waals surface area contributed by atoms with Gasteiger partial charge in [-0.3, -0.25) is 14.4 Å². The van der Waals surface area contributed by atoms with Crippen molar-refractivity contribution in [1.82, 2.24) is 0 Å². The topological polar surface area (TPSA) is 91.4 Å². The molecule has 0 aliphatic heterocycles. The molecule has 0 aromatic heterocycles. The molecule has 33 heavy (non-hydrogen) atoms. The van der Waals surface area contributed by atoms with Crippen molar-refractivity contribution in [2.45, 2.75) is 76.2 Å². The molecule has 0 radical (unpaired) electrons. The number of anilines is 1. The Morgan fingerprint density at radius 1 is 1.06 bits per heavy atom. The number of carbonyl (C=O) groups excluding carboxylic acids is 1. The number of hydrogen-bond donors (Lipinski definition) is 1. The summed E-state index contributed by atoms with van der Waals surface area (Å²) in [6.45, 7) is 19.7. The van der Waals surface area contributed by atoms with Crippen molar-refractivity contribution in [3.05, 3.63) is 70.6 Å². The van der Waals surface area contributed by atoms with Gasteiger partial charge in [0.05, 0.1) is 10.6 Å². The first-order valence-electron chi connectivity index (χ1n) is 10.9. The molecule has 7 heteroatoms. The Labute approximate surface area is 197 Å². The largest absolute Gasteiger partial charge is 0.368 e. The van der Waals surface area contributed by atoms with Crippen LogP contribution in [0.15, 0.2) is 47.4 Å². The summed E-state index contributed by atoms with van der Waals surface area (Å²) in [4.78, 5) is 15.2. The summed E-state index contributed by atoms with van der Waals surface area (Å²) in [7, 11) is -3.92. The minimum atomic E-state index is -3.92. The van der Waals surface area contributed by atoms with Crippen LogP contribution in [0.3, 0.4) is 0 Å². The molecular weight excluding hydrogens is 434 g/mol. The molecule has 2 aromatic carbocycles. The van der Waals surface area contributed by atoms with E-state index in [-0.39, 0.29) is 21.3 Å². The first-order chi connectivity index (χ1) is 15.3. The molecule has 2 aromatic rings. The third kappa shape index (κ3) is 5.61. The van der Waals surface area contributed by atoms with Crippen LogP contribution in [0.25, 0.3) is 4.85 Å². The fraction of sp³-hybridized carbons (Fsp3) is 0.423. The second kappa shape index (κ2) is 9.77. The lowest BCUT2D eigenvalue weighted by molar-refractivity contribution is 0.0991. The highest BCUT2D eigenvalue weighted by Crippen LogP contribution is 2.38. The van der Waals surface area contributed by atoms with E-state index in [1.165, 1.54) is 24.3 Å². The second-order valence-corrected chi connectivity index (χ2v) is 11.1. The van der Waals surface area contributed by atoms with Gasteiger partial charge in [0.25, 0.3) is 15.8 Å². The lowest BCUT2D eigenvalue weighted by atomic mass is 9.76. The minimum absolute atomic E-state index is 0.00594. The van der Waals surface area contributed by atoms with E-state index in [0.717, 1.165) is 24.0 Å². The second-order valence-electron chi connectivity index (χ2n) is 9.39. The van der Waals surface area contributed by atoms with E-state index in [2.05, 4.69) is 57.2 Å². The number of carbonyl (C=O) groups is 1. The zero-order valence-corrected chi connectivity index (χ0v) is 20.9. The van der Waals surface area contributed by atoms with E-state index in [4.69, 9.17) is 11.8 Å². The summed E-state index contributed by atoms with van der Waals surface area (Å²) >= 11 is 0. The molecule has 0 fully saturated rings. The molecule has 1 unspecified atom stereocenters. The third-order valence-electron chi connectivity index (χ3n) is 6.49. The van der Waals surface area contributed by atoms with Gasteiger partial charge in [-0.1, -0.05) is 53.7 Å². The number of sulfonamides is 1. The molecule has 2 rings (SSSR count). The fourth-order valence-electron chi connectivity index (χ4n) is 3.31. The van der Waals surface area contributed by atoms with Crippen LogP contribution < -0.4 is 4.72 Å². The standard InChI is InChI=1S/C26H31N3O3S/c1-8-25(3,4)19-12-15-22(21(16-19)26(5,6)9-2)29-33(31,32)20-13-10-18(11-14-20)24(30)23(17-27)28-7/h10-16,23,29H,8-9H2,1-6H3. The highest BCUT2D eigenvalue weighted by atomic mass is 32.2. The molecular formula is C26H31N3O3S. The van der Waals surface area contributed by atoms with Crippen LogP contribution in [0.2, 0.25) is 0 Å². The lowest BCUT2D eigenvalue weighted by Crippen LogP contribution is -2.23. The van der Waals surface area contributed by atoms with Gasteiger partial charge in [0.2, 0.25) is 0 Å². The molecule has 0 amide bonds. The van der Waals surface area contributed by atoms with E-state index in [1.807, 2.05) is 12.1 Å². The predicted octanol–water partition coefficient (Wildman–Crippen LogP) is 5.86. The van der Waals surface area contributed by atoms with Crippen molar-refractivity contribution in [2.24, 2.45) is 0 Å². The zero-order chi connectivity index (χ0) is 25.0. The maximum absolute atomic E-state index is 13.1. The number of benzene rings is 2. The monoisotopic (exact) mass is 465 g/mol. The van der Waals surface area contributed by atoms with Gasteiger partial charge in [-0.05, 0) is 65.1 Å². The number of rotatable bonds is 9. The molecule has 0 heterocycles. The zero-order valence-electron chi connectivity index (χ0n) is 20.1. The van der Waals surface area contributed by atoms with Gasteiger partial charge in [-0.15, -0.1) is 0 Å². The molecule has 0 aliphatic rings. The van der Waals surface area contributed by atoms with Crippen molar-refractivity contribution in [2.75, 3.05) is 4.72 Å². The van der Waals surface area contributed by atoms with Gasteiger partial charge in [-0.25, -0.2) is 15.0 Å². The fourth-order valence-corrected chi connectivity index (χ4v) is 4.39. The van der Waals surface area contributed by atoms with Crippen molar-refractivity contribution >= 4 is 21.5 Å². The molecule has 0 aliphatic carbocycles. The molecule has 6 nitrogen and oxygen atoms in total. The van der Waals surface area contributed by atoms with Gasteiger partial charge in [0.15, 0.2) is 6.07 Å². The maximum Gasteiger partial charge on any atom is 0.368 e. The Balaban J connectivity index is 2.46. The van der Waals surface area contributed by atoms with Crippen LogP contribution in [-0.2, 0) is 20.9 Å². The van der Waals surface area contributed by atoms with E-state index in [9.17, 15) is 13.2 Å². The Hall–Kier alpha value is -3.16. The van der Waals surface area contributed by atoms with E-state index < -0.39 is 21.8 Å². The average Bonchev–Trinajstić information content (AvgIpc) is 2.79. The smallest absolute Gasteiger partial charge is 0.288 e. The van der Waals surface area contributed by atoms with Crippen LogP contribution >= 0.6 is 0 Å². The minimum Gasteiger partial charge on any atom is -0.288 e. The lowest BCUT2D eigenvalue weighted by Gasteiger charge is -2.31. The van der Waals surface area contributed by atoms with Crippen LogP contribution in [0.1, 0.15) is 75.9 Å². The summed E-state index contributed by atoms with van der Waals surface area (Å²) in [5.74, 6) is -0.648. The first kappa shape index (κ1) is 26.1. The van der Waals surface area contributed by atoms with E-state index in [1.54, 1.807) is 6.07 Å². The number of hydrogen-bond acceptors (Lipinski definition) is 4. The molecule has 0 bridgehead atoms. The van der Waals surface area contributed by atoms with Crippen LogP contribution in [0.4, 0.5) is 5.69 Å². The van der Waals surface area contributed by atoms with Crippen LogP contribution in [0.5, 0.6) is 0 Å². The first-order valence-corrected chi connectivity index (χ1v) is 12.4. The molecule has 0 saturated heterocycles. The number of Topliss-reactive ketones (excluding diaryl/α,β-unsaturated/α-hetero) is 1. The molecule has 1 atom stereocenters. The molecule has 0 saturated carbocycles. The van der Waals surface area contributed by atoms with Crippen molar-refractivity contribution in [3.8, 4) is 6.07 Å². The number of nitriles is 1. The average molecular weight is 466 g/mol. The summed E-state index contributed by atoms with van der Waals surface area (Å²) < 4.78 is 29.0. The normalized spacial score (nSPS) is 13.0. The summed E-state index contributed by atoms with van der Waals surface area (Å²) in [6.07, 6.45) is 1.78. The molecule has 174 valence electrons. The van der Waals surface area contributed by atoms with Crippen molar-refractivity contribution < 1.29 is 13.2 Å². The highest BCUT2D eigenvalue weighted by Gasteiger charge is 2.28. The summed E-state index contributed by atoms with van der Waals surface area (Å²) in [5.41, 5.74) is 2.43. The number of ketones is 1. The number of nitrogens with zero attached hydrogens (tertiary/aromatic N) is 2. The van der Waals surface area contributed by atoms with Crippen molar-refractivity contribution in [1.29, 1.82) is 5.26 Å². The Morgan fingerprint density at radius 2 is 1.64 bits per heavy atom. The van der Waals surface area contributed by atoms with Gasteiger partial charge in [0.1, 0.15) is 0 Å². The predicted molar refractivity (Wildman–Crippen MR) is 131 cm³/mol. The summed E-state index contributed by atoms with van der Waals surface area (Å²) in [5, 5.41) is 8.91. The quantitative estimate of drug-likeness (QED) is 0.371. The van der Waals surface area contributed by atoms with Gasteiger partial charge < -0.3 is 0 Å². The van der Waals surface area contributed by atoms with Gasteiger partial charge >= 0.3 is 6.04 Å². The van der Waals surface area contributed by atoms with Crippen LogP contribution in [-0.4, -0.2) is 20.2 Å².